The van der Waals surface area contributed by atoms with Gasteiger partial charge in [-0.15, -0.1) is 0 Å². The molecule has 4 heterocycles. The van der Waals surface area contributed by atoms with Gasteiger partial charge in [-0.1, -0.05) is 82.9 Å². The summed E-state index contributed by atoms with van der Waals surface area (Å²) in [4.78, 5) is 0. The van der Waals surface area contributed by atoms with E-state index >= 15 is 8.78 Å². The molecule has 14 aromatic rings. The molecule has 0 bridgehead atoms. The van der Waals surface area contributed by atoms with E-state index in [2.05, 4.69) is 184 Å². The molecule has 372 valence electrons. The highest BCUT2D eigenvalue weighted by atomic mass is 19.1. The Balaban J connectivity index is 1.40. The maximum absolute atomic E-state index is 16.0. The lowest BCUT2D eigenvalue weighted by molar-refractivity contribution is 0.629. The third kappa shape index (κ3) is 6.42. The van der Waals surface area contributed by atoms with Gasteiger partial charge in [0.05, 0.1) is 66.9 Å². The summed E-state index contributed by atoms with van der Waals surface area (Å²) in [7, 11) is 0. The zero-order chi connectivity index (χ0) is 53.0. The van der Waals surface area contributed by atoms with Crippen molar-refractivity contribution in [1.82, 2.24) is 18.3 Å². The molecule has 10 aromatic carbocycles. The molecule has 0 aliphatic carbocycles. The zero-order valence-corrected chi connectivity index (χ0v) is 44.5. The van der Waals surface area contributed by atoms with Crippen LogP contribution in [0.2, 0.25) is 0 Å². The van der Waals surface area contributed by atoms with Crippen molar-refractivity contribution in [1.29, 1.82) is 5.26 Å². The second kappa shape index (κ2) is 16.6. The summed E-state index contributed by atoms with van der Waals surface area (Å²) in [6, 6.07) is 56.1. The van der Waals surface area contributed by atoms with Crippen molar-refractivity contribution in [2.75, 3.05) is 0 Å². The first-order valence-electron chi connectivity index (χ1n) is 26.4. The van der Waals surface area contributed by atoms with Crippen molar-refractivity contribution in [2.24, 2.45) is 0 Å². The first kappa shape index (κ1) is 46.3. The molecule has 0 aliphatic rings. The molecule has 7 heteroatoms. The van der Waals surface area contributed by atoms with Crippen LogP contribution in [0.5, 0.6) is 0 Å². The average Bonchev–Trinajstić information content (AvgIpc) is 4.25. The molecule has 0 amide bonds. The maximum atomic E-state index is 16.0. The Morgan fingerprint density at radius 3 is 0.935 bits per heavy atom. The molecule has 4 aromatic heterocycles. The van der Waals surface area contributed by atoms with Crippen LogP contribution in [0.25, 0.3) is 121 Å². The van der Waals surface area contributed by atoms with Crippen LogP contribution in [0.4, 0.5) is 8.78 Å². The van der Waals surface area contributed by atoms with E-state index in [0.717, 1.165) is 154 Å². The number of nitrogens with zero attached hydrogens (tertiary/aromatic N) is 5. The van der Waals surface area contributed by atoms with E-state index in [4.69, 9.17) is 0 Å². The first-order valence-corrected chi connectivity index (χ1v) is 26.4. The summed E-state index contributed by atoms with van der Waals surface area (Å²) in [5.74, 6) is -0.679. The van der Waals surface area contributed by atoms with Gasteiger partial charge in [0.2, 0.25) is 0 Å². The summed E-state index contributed by atoms with van der Waals surface area (Å²) in [6.07, 6.45) is 0. The molecular formula is C70H53F2N5. The topological polar surface area (TPSA) is 43.5 Å². The molecule has 5 nitrogen and oxygen atoms in total. The van der Waals surface area contributed by atoms with E-state index in [-0.39, 0.29) is 11.6 Å². The van der Waals surface area contributed by atoms with Crippen molar-refractivity contribution in [3.8, 4) is 39.9 Å². The molecule has 0 saturated heterocycles. The Labute approximate surface area is 444 Å². The highest BCUT2D eigenvalue weighted by molar-refractivity contribution is 6.17. The van der Waals surface area contributed by atoms with Gasteiger partial charge in [0, 0.05) is 48.7 Å². The summed E-state index contributed by atoms with van der Waals surface area (Å²) < 4.78 is 41.3. The van der Waals surface area contributed by atoms with Gasteiger partial charge >= 0.3 is 0 Å². The van der Waals surface area contributed by atoms with Gasteiger partial charge in [0.15, 0.2) is 0 Å². The number of rotatable bonds is 5. The number of halogens is 2. The lowest BCUT2D eigenvalue weighted by atomic mass is 9.83. The standard InChI is InChI=1S/C70H53F2N5/c1-37-18-24-59-50(30-37)51-31-38(2)19-25-60(51)74(59)67-56(36-73)68(75-61-26-20-39(3)32-52(61)53-33-40(4)21-27-62(53)75)70(77-58-17-13-11-15-49(58)55-35-47(72)23-29-64(55)77)66(65-44(8)42(6)41(5)43(7)45(65)9)69(67)76-57-16-12-10-14-48(57)54-34-46(71)22-28-63(54)76/h10-35H,1-9H3. The number of fused-ring (bicyclic) bond motifs is 12. The second-order valence-electron chi connectivity index (χ2n) is 21.5. The fraction of sp³-hybridized carbons (Fsp3) is 0.129. The number of hydrogen-bond acceptors (Lipinski definition) is 1. The lowest BCUT2D eigenvalue weighted by Gasteiger charge is -2.31. The summed E-state index contributed by atoms with van der Waals surface area (Å²) in [5.41, 5.74) is 22.4. The van der Waals surface area contributed by atoms with Crippen molar-refractivity contribution in [2.45, 2.75) is 62.3 Å². The SMILES string of the molecule is Cc1ccc2c(c1)c1cc(C)ccc1n2-c1c(C#N)c(-n2c3ccc(C)cc3c3cc(C)ccc32)c(-n2c3ccccc3c3cc(F)ccc32)c(-c2c(C)c(C)c(C)c(C)c2C)c1-n1c2ccccc2c2cc(F)ccc21. The summed E-state index contributed by atoms with van der Waals surface area (Å²) in [5, 5.41) is 20.5. The minimum Gasteiger partial charge on any atom is -0.306 e. The number of benzene rings is 10. The monoisotopic (exact) mass is 1000 g/mol. The molecule has 14 rings (SSSR count). The third-order valence-electron chi connectivity index (χ3n) is 17.1. The normalized spacial score (nSPS) is 12.1. The van der Waals surface area contributed by atoms with Gasteiger partial charge in [-0.2, -0.15) is 5.26 Å². The van der Waals surface area contributed by atoms with E-state index in [1.807, 2.05) is 36.4 Å². The van der Waals surface area contributed by atoms with E-state index in [9.17, 15) is 5.26 Å². The number of hydrogen-bond donors (Lipinski definition) is 0. The van der Waals surface area contributed by atoms with Crippen molar-refractivity contribution in [3.05, 3.63) is 225 Å². The molecule has 0 fully saturated rings. The summed E-state index contributed by atoms with van der Waals surface area (Å²) in [6.45, 7) is 19.6. The van der Waals surface area contributed by atoms with Crippen LogP contribution >= 0.6 is 0 Å². The number of para-hydroxylation sites is 2. The fourth-order valence-corrected chi connectivity index (χ4v) is 13.1. The third-order valence-corrected chi connectivity index (χ3v) is 17.1. The molecule has 0 atom stereocenters. The molecular weight excluding hydrogens is 949 g/mol. The van der Waals surface area contributed by atoms with Crippen LogP contribution in [0.1, 0.15) is 55.6 Å². The fourth-order valence-electron chi connectivity index (χ4n) is 13.1. The van der Waals surface area contributed by atoms with E-state index in [1.54, 1.807) is 24.3 Å². The van der Waals surface area contributed by atoms with Crippen LogP contribution in [-0.2, 0) is 0 Å². The highest BCUT2D eigenvalue weighted by Gasteiger charge is 2.36. The van der Waals surface area contributed by atoms with Crippen LogP contribution < -0.4 is 0 Å². The lowest BCUT2D eigenvalue weighted by Crippen LogP contribution is -2.17. The van der Waals surface area contributed by atoms with Crippen molar-refractivity contribution >= 4 is 87.2 Å². The van der Waals surface area contributed by atoms with Crippen molar-refractivity contribution < 1.29 is 8.78 Å². The largest absolute Gasteiger partial charge is 0.306 e. The highest BCUT2D eigenvalue weighted by Crippen LogP contribution is 2.54. The van der Waals surface area contributed by atoms with E-state index < -0.39 is 0 Å². The van der Waals surface area contributed by atoms with E-state index in [1.165, 1.54) is 5.56 Å². The van der Waals surface area contributed by atoms with E-state index in [0.29, 0.717) is 16.9 Å². The molecule has 0 spiro atoms. The second-order valence-corrected chi connectivity index (χ2v) is 21.5. The molecule has 0 N–H and O–H groups in total. The molecule has 0 aliphatic heterocycles. The van der Waals surface area contributed by atoms with Crippen LogP contribution in [0.15, 0.2) is 158 Å². The van der Waals surface area contributed by atoms with Crippen LogP contribution in [-0.4, -0.2) is 18.3 Å². The van der Waals surface area contributed by atoms with Gasteiger partial charge in [-0.05, 0) is 193 Å². The predicted octanol–water partition coefficient (Wildman–Crippen LogP) is 18.7. The zero-order valence-electron chi connectivity index (χ0n) is 44.5. The van der Waals surface area contributed by atoms with Crippen LogP contribution in [0.3, 0.4) is 0 Å². The van der Waals surface area contributed by atoms with Crippen molar-refractivity contribution in [3.63, 3.8) is 0 Å². The Morgan fingerprint density at radius 1 is 0.299 bits per heavy atom. The molecule has 77 heavy (non-hydrogen) atoms. The number of aromatic nitrogens is 4. The van der Waals surface area contributed by atoms with Gasteiger partial charge in [0.1, 0.15) is 23.3 Å². The minimum absolute atomic E-state index is 0.339. The van der Waals surface area contributed by atoms with Gasteiger partial charge in [-0.3, -0.25) is 0 Å². The molecule has 0 radical (unpaired) electrons. The smallest absolute Gasteiger partial charge is 0.123 e. The van der Waals surface area contributed by atoms with Gasteiger partial charge < -0.3 is 18.3 Å². The van der Waals surface area contributed by atoms with Gasteiger partial charge in [-0.25, -0.2) is 8.78 Å². The first-order chi connectivity index (χ1) is 37.2. The number of nitriles is 1. The Morgan fingerprint density at radius 2 is 0.584 bits per heavy atom. The Hall–Kier alpha value is -9.25. The molecule has 0 saturated carbocycles. The Kier molecular flexibility index (Phi) is 9.99. The average molecular weight is 1000 g/mol. The minimum atomic E-state index is -0.339. The van der Waals surface area contributed by atoms with Crippen LogP contribution in [0, 0.1) is 85.3 Å². The van der Waals surface area contributed by atoms with Gasteiger partial charge in [0.25, 0.3) is 0 Å². The Bertz CT molecular complexity index is 4590. The maximum Gasteiger partial charge on any atom is 0.123 e. The predicted molar refractivity (Wildman–Crippen MR) is 316 cm³/mol. The number of aryl methyl sites for hydroxylation is 4. The quantitative estimate of drug-likeness (QED) is 0.169. The molecule has 0 unspecified atom stereocenters. The summed E-state index contributed by atoms with van der Waals surface area (Å²) >= 11 is 0.